The van der Waals surface area contributed by atoms with Gasteiger partial charge in [-0.15, -0.1) is 0 Å². The van der Waals surface area contributed by atoms with Crippen LogP contribution < -0.4 is 15.4 Å². The van der Waals surface area contributed by atoms with Crippen LogP contribution in [-0.2, 0) is 4.79 Å². The molecule has 6 heteroatoms. The molecule has 0 unspecified atom stereocenters. The fraction of sp³-hybridized carbons (Fsp3) is 0.333. The van der Waals surface area contributed by atoms with Crippen LogP contribution in [0, 0.1) is 6.92 Å². The van der Waals surface area contributed by atoms with E-state index in [0.29, 0.717) is 0 Å². The third-order valence-electron chi connectivity index (χ3n) is 3.61. The number of benzene rings is 1. The summed E-state index contributed by atoms with van der Waals surface area (Å²) in [5, 5.41) is 5.56. The summed E-state index contributed by atoms with van der Waals surface area (Å²) in [5.74, 6) is 0.486. The predicted molar refractivity (Wildman–Crippen MR) is 89.9 cm³/mol. The molecule has 2 rings (SSSR count). The fourth-order valence-electron chi connectivity index (χ4n) is 2.37. The molecule has 0 saturated carbocycles. The summed E-state index contributed by atoms with van der Waals surface area (Å²) in [5.41, 5.74) is 2.02. The highest BCUT2D eigenvalue weighted by molar-refractivity contribution is 5.91. The lowest BCUT2D eigenvalue weighted by molar-refractivity contribution is -0.121. The monoisotopic (exact) mass is 330 g/mol. The standard InChI is InChI=1S/C18H22N2O4/c1-12-6-7-15(23-3)14(11-12)13(2)20-17(21)8-9-19-18(22)16-5-4-10-24-16/h4-7,10-11,13H,8-9H2,1-3H3,(H,19,22)(H,20,21)/t13-/m1/s1. The number of rotatable bonds is 7. The number of hydrogen-bond donors (Lipinski definition) is 2. The first-order chi connectivity index (χ1) is 11.5. The minimum atomic E-state index is -0.332. The second-order valence-electron chi connectivity index (χ2n) is 5.52. The van der Waals surface area contributed by atoms with Gasteiger partial charge in [0.15, 0.2) is 5.76 Å². The number of furan rings is 1. The second-order valence-corrected chi connectivity index (χ2v) is 5.52. The first kappa shape index (κ1) is 17.6. The van der Waals surface area contributed by atoms with Gasteiger partial charge >= 0.3 is 0 Å². The predicted octanol–water partition coefficient (Wildman–Crippen LogP) is 2.59. The molecule has 0 fully saturated rings. The Kier molecular flexibility index (Phi) is 6.01. The summed E-state index contributed by atoms with van der Waals surface area (Å²) >= 11 is 0. The molecule has 2 amide bonds. The number of methoxy groups -OCH3 is 1. The van der Waals surface area contributed by atoms with Crippen molar-refractivity contribution in [1.29, 1.82) is 0 Å². The molecule has 24 heavy (non-hydrogen) atoms. The first-order valence-corrected chi connectivity index (χ1v) is 7.77. The van der Waals surface area contributed by atoms with E-state index in [9.17, 15) is 9.59 Å². The molecule has 0 aliphatic heterocycles. The average molecular weight is 330 g/mol. The largest absolute Gasteiger partial charge is 0.496 e. The van der Waals surface area contributed by atoms with Crippen molar-refractivity contribution in [2.75, 3.05) is 13.7 Å². The van der Waals surface area contributed by atoms with Gasteiger partial charge in [0.2, 0.25) is 5.91 Å². The Morgan fingerprint density at radius 2 is 2.08 bits per heavy atom. The summed E-state index contributed by atoms with van der Waals surface area (Å²) in [4.78, 5) is 23.8. The molecule has 1 atom stereocenters. The number of amides is 2. The molecule has 0 aliphatic carbocycles. The van der Waals surface area contributed by atoms with Crippen molar-refractivity contribution < 1.29 is 18.7 Å². The van der Waals surface area contributed by atoms with Crippen LogP contribution in [0.1, 0.15) is 41.1 Å². The summed E-state index contributed by atoms with van der Waals surface area (Å²) < 4.78 is 10.3. The van der Waals surface area contributed by atoms with Crippen LogP contribution in [0.3, 0.4) is 0 Å². The van der Waals surface area contributed by atoms with Crippen molar-refractivity contribution >= 4 is 11.8 Å². The van der Waals surface area contributed by atoms with Gasteiger partial charge in [0, 0.05) is 18.5 Å². The third-order valence-corrected chi connectivity index (χ3v) is 3.61. The van der Waals surface area contributed by atoms with E-state index in [1.54, 1.807) is 19.2 Å². The van der Waals surface area contributed by atoms with Gasteiger partial charge in [0.05, 0.1) is 19.4 Å². The maximum absolute atomic E-state index is 12.1. The zero-order valence-corrected chi connectivity index (χ0v) is 14.1. The number of nitrogens with one attached hydrogen (secondary N) is 2. The van der Waals surface area contributed by atoms with Crippen molar-refractivity contribution in [3.8, 4) is 5.75 Å². The molecule has 0 saturated heterocycles. The van der Waals surface area contributed by atoms with Crippen molar-refractivity contribution in [3.63, 3.8) is 0 Å². The Morgan fingerprint density at radius 1 is 1.29 bits per heavy atom. The van der Waals surface area contributed by atoms with Crippen LogP contribution in [0.5, 0.6) is 5.75 Å². The number of aryl methyl sites for hydroxylation is 1. The highest BCUT2D eigenvalue weighted by atomic mass is 16.5. The van der Waals surface area contributed by atoms with E-state index < -0.39 is 0 Å². The topological polar surface area (TPSA) is 80.6 Å². The zero-order chi connectivity index (χ0) is 17.5. The van der Waals surface area contributed by atoms with Crippen molar-refractivity contribution in [3.05, 3.63) is 53.5 Å². The van der Waals surface area contributed by atoms with Gasteiger partial charge in [-0.1, -0.05) is 17.7 Å². The van der Waals surface area contributed by atoms with Gasteiger partial charge in [-0.25, -0.2) is 0 Å². The van der Waals surface area contributed by atoms with Crippen LogP contribution in [0.25, 0.3) is 0 Å². The average Bonchev–Trinajstić information content (AvgIpc) is 3.09. The smallest absolute Gasteiger partial charge is 0.286 e. The molecular weight excluding hydrogens is 308 g/mol. The first-order valence-electron chi connectivity index (χ1n) is 7.77. The molecule has 0 bridgehead atoms. The number of hydrogen-bond acceptors (Lipinski definition) is 4. The van der Waals surface area contributed by atoms with Crippen molar-refractivity contribution in [1.82, 2.24) is 10.6 Å². The van der Waals surface area contributed by atoms with E-state index in [2.05, 4.69) is 10.6 Å². The molecule has 0 radical (unpaired) electrons. The SMILES string of the molecule is COc1ccc(C)cc1[C@@H](C)NC(=O)CCNC(=O)c1ccco1. The normalized spacial score (nSPS) is 11.6. The van der Waals surface area contributed by atoms with E-state index in [-0.39, 0.29) is 36.6 Å². The zero-order valence-electron chi connectivity index (χ0n) is 14.1. The highest BCUT2D eigenvalue weighted by Gasteiger charge is 2.15. The maximum atomic E-state index is 12.1. The lowest BCUT2D eigenvalue weighted by Crippen LogP contribution is -2.32. The van der Waals surface area contributed by atoms with Gasteiger partial charge in [0.25, 0.3) is 5.91 Å². The summed E-state index contributed by atoms with van der Waals surface area (Å²) in [7, 11) is 1.60. The van der Waals surface area contributed by atoms with Gasteiger partial charge in [-0.2, -0.15) is 0 Å². The Morgan fingerprint density at radius 3 is 2.75 bits per heavy atom. The second kappa shape index (κ2) is 8.19. The molecule has 0 spiro atoms. The van der Waals surface area contributed by atoms with Crippen LogP contribution >= 0.6 is 0 Å². The Labute approximate surface area is 141 Å². The molecule has 2 aromatic rings. The number of ether oxygens (including phenoxy) is 1. The Bertz CT molecular complexity index is 695. The van der Waals surface area contributed by atoms with Crippen LogP contribution in [0.4, 0.5) is 0 Å². The molecule has 1 aromatic heterocycles. The lowest BCUT2D eigenvalue weighted by Gasteiger charge is -2.18. The number of carbonyl (C=O) groups is 2. The molecule has 128 valence electrons. The number of carbonyl (C=O) groups excluding carboxylic acids is 2. The Balaban J connectivity index is 1.84. The summed E-state index contributed by atoms with van der Waals surface area (Å²) in [6.07, 6.45) is 1.61. The van der Waals surface area contributed by atoms with Gasteiger partial charge < -0.3 is 19.8 Å². The molecule has 2 N–H and O–H groups in total. The van der Waals surface area contributed by atoms with Crippen molar-refractivity contribution in [2.45, 2.75) is 26.3 Å². The molecule has 1 heterocycles. The van der Waals surface area contributed by atoms with Gasteiger partial charge in [-0.05, 0) is 32.0 Å². The highest BCUT2D eigenvalue weighted by Crippen LogP contribution is 2.26. The molecule has 0 aliphatic rings. The molecular formula is C18H22N2O4. The minimum Gasteiger partial charge on any atom is -0.496 e. The minimum absolute atomic E-state index is 0.147. The van der Waals surface area contributed by atoms with E-state index in [0.717, 1.165) is 16.9 Å². The third kappa shape index (κ3) is 4.62. The van der Waals surface area contributed by atoms with Crippen LogP contribution in [0.15, 0.2) is 41.0 Å². The van der Waals surface area contributed by atoms with E-state index in [1.165, 1.54) is 6.26 Å². The lowest BCUT2D eigenvalue weighted by atomic mass is 10.0. The quantitative estimate of drug-likeness (QED) is 0.818. The maximum Gasteiger partial charge on any atom is 0.286 e. The molecule has 6 nitrogen and oxygen atoms in total. The van der Waals surface area contributed by atoms with Gasteiger partial charge in [-0.3, -0.25) is 9.59 Å². The van der Waals surface area contributed by atoms with Gasteiger partial charge in [0.1, 0.15) is 5.75 Å². The van der Waals surface area contributed by atoms with Crippen molar-refractivity contribution in [2.24, 2.45) is 0 Å². The Hall–Kier alpha value is -2.76. The van der Waals surface area contributed by atoms with E-state index >= 15 is 0 Å². The fourth-order valence-corrected chi connectivity index (χ4v) is 2.37. The van der Waals surface area contributed by atoms with Crippen LogP contribution in [0.2, 0.25) is 0 Å². The molecule has 1 aromatic carbocycles. The van der Waals surface area contributed by atoms with E-state index in [4.69, 9.17) is 9.15 Å². The van der Waals surface area contributed by atoms with Crippen LogP contribution in [-0.4, -0.2) is 25.5 Å². The van der Waals surface area contributed by atoms with E-state index in [1.807, 2.05) is 32.0 Å². The summed E-state index contributed by atoms with van der Waals surface area (Å²) in [6.45, 7) is 4.13. The summed E-state index contributed by atoms with van der Waals surface area (Å²) in [6, 6.07) is 8.86.